The van der Waals surface area contributed by atoms with E-state index in [1.165, 1.54) is 18.8 Å². The van der Waals surface area contributed by atoms with Crippen LogP contribution in [0.2, 0.25) is 0 Å². The van der Waals surface area contributed by atoms with Crippen LogP contribution < -0.4 is 10.6 Å². The fourth-order valence-corrected chi connectivity index (χ4v) is 4.86. The molecule has 0 spiro atoms. The molecule has 0 unspecified atom stereocenters. The zero-order valence-electron chi connectivity index (χ0n) is 20.3. The van der Waals surface area contributed by atoms with E-state index in [1.54, 1.807) is 11.0 Å². The smallest absolute Gasteiger partial charge is 0.287 e. The standard InChI is InChI=1S/C27H35N3O5/c1-19-11-13-20(14-12-19)25(27(33)29-21-7-3-2-4-8-21)30(18-22-9-5-15-34-22)24(31)17-28-26(32)23-10-6-16-35-23/h6,10-14,16,21-22,25H,2-5,7-9,15,17-18H2,1H3,(H,28,32)(H,29,33)/t22-,25+/m1/s1. The summed E-state index contributed by atoms with van der Waals surface area (Å²) in [6.07, 6.45) is 8.29. The van der Waals surface area contributed by atoms with Crippen LogP contribution in [-0.4, -0.2) is 54.5 Å². The Balaban J connectivity index is 1.57. The molecule has 8 heteroatoms. The van der Waals surface area contributed by atoms with Crippen LogP contribution in [0.25, 0.3) is 0 Å². The normalized spacial score (nSPS) is 19.2. The predicted molar refractivity (Wildman–Crippen MR) is 131 cm³/mol. The molecule has 1 aliphatic carbocycles. The lowest BCUT2D eigenvalue weighted by molar-refractivity contribution is -0.142. The van der Waals surface area contributed by atoms with Gasteiger partial charge in [-0.25, -0.2) is 0 Å². The van der Waals surface area contributed by atoms with Gasteiger partial charge in [-0.1, -0.05) is 49.1 Å². The molecule has 2 N–H and O–H groups in total. The van der Waals surface area contributed by atoms with Gasteiger partial charge in [0, 0.05) is 19.2 Å². The van der Waals surface area contributed by atoms with E-state index < -0.39 is 11.9 Å². The third-order valence-electron chi connectivity index (χ3n) is 6.79. The molecule has 2 fully saturated rings. The first-order valence-electron chi connectivity index (χ1n) is 12.6. The first-order chi connectivity index (χ1) is 17.0. The van der Waals surface area contributed by atoms with E-state index >= 15 is 0 Å². The molecule has 35 heavy (non-hydrogen) atoms. The van der Waals surface area contributed by atoms with E-state index in [0.717, 1.165) is 49.7 Å². The van der Waals surface area contributed by atoms with Crippen LogP contribution in [0, 0.1) is 6.92 Å². The van der Waals surface area contributed by atoms with Crippen LogP contribution in [0.1, 0.15) is 72.7 Å². The molecule has 1 aliphatic heterocycles. The summed E-state index contributed by atoms with van der Waals surface area (Å²) in [7, 11) is 0. The highest BCUT2D eigenvalue weighted by Gasteiger charge is 2.35. The number of nitrogens with one attached hydrogen (secondary N) is 2. The monoisotopic (exact) mass is 481 g/mol. The van der Waals surface area contributed by atoms with Gasteiger partial charge in [-0.3, -0.25) is 14.4 Å². The van der Waals surface area contributed by atoms with E-state index in [2.05, 4.69) is 10.6 Å². The number of carbonyl (C=O) groups is 3. The van der Waals surface area contributed by atoms with Gasteiger partial charge in [0.25, 0.3) is 5.91 Å². The predicted octanol–water partition coefficient (Wildman–Crippen LogP) is 3.52. The SMILES string of the molecule is Cc1ccc([C@@H](C(=O)NC2CCCCC2)N(C[C@H]2CCCO2)C(=O)CNC(=O)c2ccco2)cc1. The second-order valence-electron chi connectivity index (χ2n) is 9.50. The number of ether oxygens (including phenoxy) is 1. The number of aryl methyl sites for hydroxylation is 1. The molecule has 1 saturated heterocycles. The Morgan fingerprint density at radius 3 is 2.46 bits per heavy atom. The minimum atomic E-state index is -0.810. The Kier molecular flexibility index (Phi) is 8.58. The lowest BCUT2D eigenvalue weighted by Gasteiger charge is -2.34. The van der Waals surface area contributed by atoms with Crippen molar-refractivity contribution in [2.24, 2.45) is 0 Å². The van der Waals surface area contributed by atoms with Crippen molar-refractivity contribution in [1.82, 2.24) is 15.5 Å². The van der Waals surface area contributed by atoms with Crippen LogP contribution in [0.5, 0.6) is 0 Å². The van der Waals surface area contributed by atoms with Gasteiger partial charge in [-0.2, -0.15) is 0 Å². The maximum absolute atomic E-state index is 13.7. The second kappa shape index (κ2) is 12.0. The molecule has 2 heterocycles. The van der Waals surface area contributed by atoms with Crippen molar-refractivity contribution >= 4 is 17.7 Å². The zero-order valence-corrected chi connectivity index (χ0v) is 20.3. The third-order valence-corrected chi connectivity index (χ3v) is 6.79. The molecule has 1 saturated carbocycles. The highest BCUT2D eigenvalue weighted by molar-refractivity contribution is 5.95. The molecular weight excluding hydrogens is 446 g/mol. The summed E-state index contributed by atoms with van der Waals surface area (Å²) in [5, 5.41) is 5.83. The Morgan fingerprint density at radius 2 is 1.80 bits per heavy atom. The Hall–Kier alpha value is -3.13. The van der Waals surface area contributed by atoms with Crippen LogP contribution in [0.15, 0.2) is 47.1 Å². The van der Waals surface area contributed by atoms with E-state index in [1.807, 2.05) is 31.2 Å². The van der Waals surface area contributed by atoms with Crippen LogP contribution in [0.4, 0.5) is 0 Å². The Bertz CT molecular complexity index is 977. The fraction of sp³-hybridized carbons (Fsp3) is 0.519. The number of benzene rings is 1. The largest absolute Gasteiger partial charge is 0.459 e. The average molecular weight is 482 g/mol. The lowest BCUT2D eigenvalue weighted by Crippen LogP contribution is -2.51. The molecule has 2 aliphatic rings. The zero-order chi connectivity index (χ0) is 24.6. The van der Waals surface area contributed by atoms with Gasteiger partial charge in [0.1, 0.15) is 6.04 Å². The molecule has 0 radical (unpaired) electrons. The van der Waals surface area contributed by atoms with E-state index in [0.29, 0.717) is 6.61 Å². The van der Waals surface area contributed by atoms with Crippen molar-refractivity contribution in [3.05, 3.63) is 59.5 Å². The summed E-state index contributed by atoms with van der Waals surface area (Å²) in [5.74, 6) is -0.873. The van der Waals surface area contributed by atoms with Gasteiger partial charge < -0.3 is 24.7 Å². The minimum absolute atomic E-state index is 0.113. The third kappa shape index (κ3) is 6.72. The topological polar surface area (TPSA) is 101 Å². The van der Waals surface area contributed by atoms with Crippen molar-refractivity contribution in [1.29, 1.82) is 0 Å². The van der Waals surface area contributed by atoms with Crippen molar-refractivity contribution in [3.8, 4) is 0 Å². The summed E-state index contributed by atoms with van der Waals surface area (Å²) in [5.41, 5.74) is 1.82. The molecule has 2 aromatic rings. The number of hydrogen-bond acceptors (Lipinski definition) is 5. The van der Waals surface area contributed by atoms with Gasteiger partial charge in [0.15, 0.2) is 5.76 Å². The second-order valence-corrected chi connectivity index (χ2v) is 9.50. The molecule has 188 valence electrons. The first kappa shape index (κ1) is 25.0. The summed E-state index contributed by atoms with van der Waals surface area (Å²) in [6.45, 7) is 2.67. The van der Waals surface area contributed by atoms with Crippen molar-refractivity contribution in [2.75, 3.05) is 19.7 Å². The molecule has 1 aromatic carbocycles. The van der Waals surface area contributed by atoms with Gasteiger partial charge in [-0.05, 0) is 50.3 Å². The number of amides is 3. The van der Waals surface area contributed by atoms with E-state index in [4.69, 9.17) is 9.15 Å². The molecule has 0 bridgehead atoms. The first-order valence-corrected chi connectivity index (χ1v) is 12.6. The highest BCUT2D eigenvalue weighted by Crippen LogP contribution is 2.26. The Morgan fingerprint density at radius 1 is 1.03 bits per heavy atom. The van der Waals surface area contributed by atoms with Crippen LogP contribution in [0.3, 0.4) is 0 Å². The molecule has 8 nitrogen and oxygen atoms in total. The molecule has 3 amide bonds. The van der Waals surface area contributed by atoms with Gasteiger partial charge in [0.05, 0.1) is 18.9 Å². The molecule has 2 atom stereocenters. The molecule has 4 rings (SSSR count). The van der Waals surface area contributed by atoms with Crippen LogP contribution >= 0.6 is 0 Å². The van der Waals surface area contributed by atoms with Gasteiger partial charge in [0.2, 0.25) is 11.8 Å². The fourth-order valence-electron chi connectivity index (χ4n) is 4.86. The minimum Gasteiger partial charge on any atom is -0.459 e. The van der Waals surface area contributed by atoms with Crippen LogP contribution in [-0.2, 0) is 14.3 Å². The number of carbonyl (C=O) groups excluding carboxylic acids is 3. The van der Waals surface area contributed by atoms with Crippen molar-refractivity contribution < 1.29 is 23.5 Å². The maximum atomic E-state index is 13.7. The summed E-state index contributed by atoms with van der Waals surface area (Å²) >= 11 is 0. The number of furan rings is 1. The molecule has 1 aromatic heterocycles. The van der Waals surface area contributed by atoms with E-state index in [9.17, 15) is 14.4 Å². The van der Waals surface area contributed by atoms with Gasteiger partial charge in [-0.15, -0.1) is 0 Å². The maximum Gasteiger partial charge on any atom is 0.287 e. The quantitative estimate of drug-likeness (QED) is 0.571. The summed E-state index contributed by atoms with van der Waals surface area (Å²) in [6, 6.07) is 10.2. The number of nitrogens with zero attached hydrogens (tertiary/aromatic N) is 1. The summed E-state index contributed by atoms with van der Waals surface area (Å²) in [4.78, 5) is 41.2. The van der Waals surface area contributed by atoms with Crippen molar-refractivity contribution in [2.45, 2.75) is 70.1 Å². The molecular formula is C27H35N3O5. The van der Waals surface area contributed by atoms with Crippen molar-refractivity contribution in [3.63, 3.8) is 0 Å². The summed E-state index contributed by atoms with van der Waals surface area (Å²) < 4.78 is 11.0. The average Bonchev–Trinajstić information content (AvgIpc) is 3.58. The van der Waals surface area contributed by atoms with Gasteiger partial charge >= 0.3 is 0 Å². The highest BCUT2D eigenvalue weighted by atomic mass is 16.5. The Labute approximate surface area is 206 Å². The number of hydrogen-bond donors (Lipinski definition) is 2. The number of rotatable bonds is 9. The lowest BCUT2D eigenvalue weighted by atomic mass is 9.94. The van der Waals surface area contributed by atoms with E-state index in [-0.39, 0.29) is 42.8 Å².